The highest BCUT2D eigenvalue weighted by Gasteiger charge is 2.20. The molecule has 1 atom stereocenters. The fourth-order valence-corrected chi connectivity index (χ4v) is 2.59. The van der Waals surface area contributed by atoms with Gasteiger partial charge in [-0.1, -0.05) is 45.0 Å². The highest BCUT2D eigenvalue weighted by molar-refractivity contribution is 5.97. The van der Waals surface area contributed by atoms with Gasteiger partial charge in [-0.3, -0.25) is 14.4 Å². The van der Waals surface area contributed by atoms with Crippen molar-refractivity contribution < 1.29 is 19.1 Å². The van der Waals surface area contributed by atoms with Gasteiger partial charge in [0, 0.05) is 5.56 Å². The van der Waals surface area contributed by atoms with E-state index in [1.807, 2.05) is 18.2 Å². The predicted octanol–water partition coefficient (Wildman–Crippen LogP) is 3.16. The highest BCUT2D eigenvalue weighted by atomic mass is 16.5. The third-order valence-electron chi connectivity index (χ3n) is 4.39. The molecule has 0 aliphatic rings. The van der Waals surface area contributed by atoms with Crippen molar-refractivity contribution in [3.05, 3.63) is 65.2 Å². The molecule has 7 heteroatoms. The fraction of sp³-hybridized carbons (Fsp3) is 0.304. The van der Waals surface area contributed by atoms with E-state index >= 15 is 0 Å². The largest absolute Gasteiger partial charge is 0.451 e. The Morgan fingerprint density at radius 2 is 1.70 bits per heavy atom. The lowest BCUT2D eigenvalue weighted by molar-refractivity contribution is -0.152. The number of ether oxygens (including phenoxy) is 1. The third-order valence-corrected chi connectivity index (χ3v) is 4.39. The maximum atomic E-state index is 12.2. The van der Waals surface area contributed by atoms with Crippen LogP contribution in [0, 0.1) is 11.3 Å². The number of nitrogens with zero attached hydrogens (tertiary/aromatic N) is 1. The van der Waals surface area contributed by atoms with E-state index in [4.69, 9.17) is 10.00 Å². The molecule has 0 saturated carbocycles. The zero-order valence-electron chi connectivity index (χ0n) is 17.5. The van der Waals surface area contributed by atoms with Gasteiger partial charge in [0.1, 0.15) is 12.6 Å². The zero-order valence-corrected chi connectivity index (χ0v) is 17.5. The molecule has 2 aromatic rings. The van der Waals surface area contributed by atoms with Gasteiger partial charge in [0.25, 0.3) is 11.8 Å². The molecule has 0 heterocycles. The van der Waals surface area contributed by atoms with Gasteiger partial charge in [0.05, 0.1) is 11.3 Å². The van der Waals surface area contributed by atoms with Crippen LogP contribution < -0.4 is 10.6 Å². The number of benzene rings is 2. The highest BCUT2D eigenvalue weighted by Crippen LogP contribution is 2.22. The van der Waals surface area contributed by atoms with E-state index in [0.29, 0.717) is 16.8 Å². The second kappa shape index (κ2) is 9.70. The standard InChI is InChI=1S/C23H25N3O4/c1-15(21(28)26-19-8-6-5-7-17(19)13-24)30-20(27)14-25-22(29)16-9-11-18(12-10-16)23(2,3)4/h5-12,15H,14H2,1-4H3,(H,25,29)(H,26,28)/t15-/m1/s1. The number of hydrogen-bond acceptors (Lipinski definition) is 5. The van der Waals surface area contributed by atoms with Gasteiger partial charge in [0.2, 0.25) is 0 Å². The number of hydrogen-bond donors (Lipinski definition) is 2. The topological polar surface area (TPSA) is 108 Å². The average Bonchev–Trinajstić information content (AvgIpc) is 2.71. The van der Waals surface area contributed by atoms with Crippen LogP contribution in [0.1, 0.15) is 49.2 Å². The predicted molar refractivity (Wildman–Crippen MR) is 113 cm³/mol. The number of carbonyl (C=O) groups excluding carboxylic acids is 3. The Kier molecular flexibility index (Phi) is 7.32. The Morgan fingerprint density at radius 3 is 2.30 bits per heavy atom. The van der Waals surface area contributed by atoms with Gasteiger partial charge in [-0.25, -0.2) is 0 Å². The average molecular weight is 407 g/mol. The summed E-state index contributed by atoms with van der Waals surface area (Å²) in [7, 11) is 0. The quantitative estimate of drug-likeness (QED) is 0.715. The van der Waals surface area contributed by atoms with Crippen molar-refractivity contribution in [3.8, 4) is 6.07 Å². The zero-order chi connectivity index (χ0) is 22.3. The lowest BCUT2D eigenvalue weighted by atomic mass is 9.87. The molecular formula is C23H25N3O4. The first-order valence-corrected chi connectivity index (χ1v) is 9.50. The Morgan fingerprint density at radius 1 is 1.07 bits per heavy atom. The number of nitriles is 1. The van der Waals surface area contributed by atoms with Crippen LogP contribution in [0.3, 0.4) is 0 Å². The molecule has 2 N–H and O–H groups in total. The van der Waals surface area contributed by atoms with E-state index in [9.17, 15) is 14.4 Å². The number of amides is 2. The second-order valence-electron chi connectivity index (χ2n) is 7.79. The van der Waals surface area contributed by atoms with Gasteiger partial charge >= 0.3 is 5.97 Å². The SMILES string of the molecule is C[C@@H](OC(=O)CNC(=O)c1ccc(C(C)(C)C)cc1)C(=O)Nc1ccccc1C#N. The van der Waals surface area contributed by atoms with E-state index in [1.165, 1.54) is 6.92 Å². The molecule has 7 nitrogen and oxygen atoms in total. The molecule has 30 heavy (non-hydrogen) atoms. The number of rotatable bonds is 6. The maximum Gasteiger partial charge on any atom is 0.326 e. The van der Waals surface area contributed by atoms with E-state index in [0.717, 1.165) is 5.56 Å². The summed E-state index contributed by atoms with van der Waals surface area (Å²) in [5, 5.41) is 14.1. The summed E-state index contributed by atoms with van der Waals surface area (Å²) in [6.45, 7) is 7.28. The van der Waals surface area contributed by atoms with E-state index in [-0.39, 0.29) is 12.0 Å². The van der Waals surface area contributed by atoms with Crippen molar-refractivity contribution in [1.29, 1.82) is 5.26 Å². The van der Waals surface area contributed by atoms with Crippen molar-refractivity contribution in [1.82, 2.24) is 5.32 Å². The van der Waals surface area contributed by atoms with Crippen LogP contribution in [0.5, 0.6) is 0 Å². The number of anilines is 1. The smallest absolute Gasteiger partial charge is 0.326 e. The first-order valence-electron chi connectivity index (χ1n) is 9.50. The molecule has 2 aromatic carbocycles. The van der Waals surface area contributed by atoms with E-state index in [1.54, 1.807) is 36.4 Å². The number of para-hydroxylation sites is 1. The Hall–Kier alpha value is -3.66. The van der Waals surface area contributed by atoms with Crippen molar-refractivity contribution in [2.45, 2.75) is 39.2 Å². The minimum absolute atomic E-state index is 0.0245. The van der Waals surface area contributed by atoms with Crippen LogP contribution in [0.25, 0.3) is 0 Å². The lowest BCUT2D eigenvalue weighted by Crippen LogP contribution is -2.36. The van der Waals surface area contributed by atoms with Crippen molar-refractivity contribution in [2.75, 3.05) is 11.9 Å². The summed E-state index contributed by atoms with van der Waals surface area (Å²) in [6.07, 6.45) is -1.09. The second-order valence-corrected chi connectivity index (χ2v) is 7.79. The molecule has 0 saturated heterocycles. The first-order chi connectivity index (χ1) is 14.1. The summed E-state index contributed by atoms with van der Waals surface area (Å²) >= 11 is 0. The van der Waals surface area contributed by atoms with Crippen LogP contribution in [0.4, 0.5) is 5.69 Å². The van der Waals surface area contributed by atoms with Crippen LogP contribution in [-0.2, 0) is 19.7 Å². The minimum atomic E-state index is -1.09. The first kappa shape index (κ1) is 22.6. The summed E-state index contributed by atoms with van der Waals surface area (Å²) < 4.78 is 5.06. The third kappa shape index (κ3) is 6.17. The van der Waals surface area contributed by atoms with Crippen molar-refractivity contribution in [2.24, 2.45) is 0 Å². The normalized spacial score (nSPS) is 11.7. The molecule has 0 aliphatic carbocycles. The molecule has 0 aliphatic heterocycles. The van der Waals surface area contributed by atoms with Gasteiger partial charge in [-0.05, 0) is 42.2 Å². The summed E-state index contributed by atoms with van der Waals surface area (Å²) in [5.74, 6) is -1.73. The Labute approximate surface area is 176 Å². The molecule has 0 radical (unpaired) electrons. The van der Waals surface area contributed by atoms with Gasteiger partial charge in [-0.2, -0.15) is 5.26 Å². The lowest BCUT2D eigenvalue weighted by Gasteiger charge is -2.19. The Bertz CT molecular complexity index is 969. The Balaban J connectivity index is 1.85. The molecule has 0 aromatic heterocycles. The monoisotopic (exact) mass is 407 g/mol. The summed E-state index contributed by atoms with van der Waals surface area (Å²) in [4.78, 5) is 36.4. The minimum Gasteiger partial charge on any atom is -0.451 e. The van der Waals surface area contributed by atoms with Crippen molar-refractivity contribution >= 4 is 23.5 Å². The van der Waals surface area contributed by atoms with Gasteiger partial charge < -0.3 is 15.4 Å². The van der Waals surface area contributed by atoms with E-state index in [2.05, 4.69) is 31.4 Å². The van der Waals surface area contributed by atoms with Gasteiger partial charge in [-0.15, -0.1) is 0 Å². The van der Waals surface area contributed by atoms with E-state index < -0.39 is 23.9 Å². The fourth-order valence-electron chi connectivity index (χ4n) is 2.59. The molecule has 0 unspecified atom stereocenters. The van der Waals surface area contributed by atoms with Crippen molar-refractivity contribution in [3.63, 3.8) is 0 Å². The molecule has 0 bridgehead atoms. The molecule has 2 rings (SSSR count). The molecule has 0 spiro atoms. The molecule has 2 amide bonds. The number of esters is 1. The van der Waals surface area contributed by atoms with Crippen LogP contribution >= 0.6 is 0 Å². The molecule has 156 valence electrons. The summed E-state index contributed by atoms with van der Waals surface area (Å²) in [6, 6.07) is 15.6. The van der Waals surface area contributed by atoms with Crippen LogP contribution in [0.2, 0.25) is 0 Å². The summed E-state index contributed by atoms with van der Waals surface area (Å²) in [5.41, 5.74) is 2.13. The number of carbonyl (C=O) groups is 3. The number of nitrogens with one attached hydrogen (secondary N) is 2. The van der Waals surface area contributed by atoms with Crippen LogP contribution in [-0.4, -0.2) is 30.4 Å². The van der Waals surface area contributed by atoms with Crippen LogP contribution in [0.15, 0.2) is 48.5 Å². The molecule has 0 fully saturated rings. The molecular weight excluding hydrogens is 382 g/mol. The van der Waals surface area contributed by atoms with Gasteiger partial charge in [0.15, 0.2) is 6.10 Å². The maximum absolute atomic E-state index is 12.2.